The number of rotatable bonds is 3. The Hall–Kier alpha value is -1.33. The summed E-state index contributed by atoms with van der Waals surface area (Å²) in [6.07, 6.45) is 2.81. The fourth-order valence-corrected chi connectivity index (χ4v) is 1.88. The molecule has 1 amide bonds. The lowest BCUT2D eigenvalue weighted by Gasteiger charge is -2.15. The van der Waals surface area contributed by atoms with Gasteiger partial charge in [0.2, 0.25) is 5.91 Å². The van der Waals surface area contributed by atoms with Crippen LogP contribution < -0.4 is 11.1 Å². The molecule has 1 fully saturated rings. The first-order valence-electron chi connectivity index (χ1n) is 5.76. The number of nitrogens with one attached hydrogen (secondary N) is 1. The van der Waals surface area contributed by atoms with E-state index in [0.717, 1.165) is 12.1 Å². The van der Waals surface area contributed by atoms with E-state index in [1.54, 1.807) is 18.3 Å². The van der Waals surface area contributed by atoms with Crippen LogP contribution in [0.4, 0.5) is 5.69 Å². The molecule has 2 rings (SSSR count). The Morgan fingerprint density at radius 3 is 2.94 bits per heavy atom. The van der Waals surface area contributed by atoms with Gasteiger partial charge in [-0.2, -0.15) is 0 Å². The van der Waals surface area contributed by atoms with Gasteiger partial charge >= 0.3 is 0 Å². The maximum Gasteiger partial charge on any atom is 0.226 e. The van der Waals surface area contributed by atoms with E-state index in [1.165, 1.54) is 0 Å². The van der Waals surface area contributed by atoms with Crippen LogP contribution in [0.3, 0.4) is 0 Å². The molecule has 1 saturated heterocycles. The lowest BCUT2D eigenvalue weighted by molar-refractivity contribution is -0.121. The van der Waals surface area contributed by atoms with Crippen molar-refractivity contribution in [3.63, 3.8) is 0 Å². The predicted octanol–water partition coefficient (Wildman–Crippen LogP) is 0.922. The van der Waals surface area contributed by atoms with Crippen LogP contribution in [0, 0.1) is 0 Å². The summed E-state index contributed by atoms with van der Waals surface area (Å²) in [5.41, 5.74) is 6.86. The average molecular weight is 272 g/mol. The molecule has 0 aliphatic carbocycles. The Morgan fingerprint density at radius 1 is 1.61 bits per heavy atom. The number of nitrogens with zero attached hydrogens (tertiary/aromatic N) is 1. The first-order chi connectivity index (χ1) is 8.15. The summed E-state index contributed by atoms with van der Waals surface area (Å²) in [5, 5.41) is 2.96. The van der Waals surface area contributed by atoms with Crippen LogP contribution in [0.2, 0.25) is 0 Å². The molecule has 1 aromatic heterocycles. The van der Waals surface area contributed by atoms with Crippen LogP contribution in [0.1, 0.15) is 19.0 Å². The number of aromatic nitrogens is 1. The molecule has 0 radical (unpaired) electrons. The van der Waals surface area contributed by atoms with E-state index < -0.39 is 0 Å². The van der Waals surface area contributed by atoms with Crippen molar-refractivity contribution in [1.82, 2.24) is 10.3 Å². The normalized spacial score (nSPS) is 22.3. The van der Waals surface area contributed by atoms with Crippen LogP contribution in [0.5, 0.6) is 0 Å². The summed E-state index contributed by atoms with van der Waals surface area (Å²) < 4.78 is 5.39. The molecule has 6 heteroatoms. The molecular weight excluding hydrogens is 254 g/mol. The zero-order valence-electron chi connectivity index (χ0n) is 10.3. The smallest absolute Gasteiger partial charge is 0.226 e. The van der Waals surface area contributed by atoms with Crippen LogP contribution in [-0.4, -0.2) is 29.6 Å². The van der Waals surface area contributed by atoms with Gasteiger partial charge in [-0.25, -0.2) is 0 Å². The first-order valence-corrected chi connectivity index (χ1v) is 5.76. The Kier molecular flexibility index (Phi) is 5.37. The summed E-state index contributed by atoms with van der Waals surface area (Å²) >= 11 is 0. The third-order valence-electron chi connectivity index (χ3n) is 2.91. The topological polar surface area (TPSA) is 77.2 Å². The zero-order valence-corrected chi connectivity index (χ0v) is 11.1. The molecule has 0 spiro atoms. The number of carbonyl (C=O) groups is 1. The lowest BCUT2D eigenvalue weighted by atomic mass is 10.1. The van der Waals surface area contributed by atoms with Crippen molar-refractivity contribution in [3.05, 3.63) is 24.0 Å². The van der Waals surface area contributed by atoms with E-state index >= 15 is 0 Å². The number of amides is 1. The van der Waals surface area contributed by atoms with Gasteiger partial charge in [0.15, 0.2) is 0 Å². The molecule has 2 heterocycles. The molecule has 5 nitrogen and oxygen atoms in total. The standard InChI is InChI=1S/C12H17N3O2.ClH/c1-8-11(4-5-17-8)15-12(16)6-10-3-2-9(13)7-14-10;/h2-3,7-8,11H,4-6,13H2,1H3,(H,15,16);1H. The Bertz CT molecular complexity index is 397. The molecule has 100 valence electrons. The minimum atomic E-state index is -0.0235. The lowest BCUT2D eigenvalue weighted by Crippen LogP contribution is -2.40. The summed E-state index contributed by atoms with van der Waals surface area (Å²) in [6.45, 7) is 2.69. The number of nitrogens with two attached hydrogens (primary N) is 1. The number of hydrogen-bond donors (Lipinski definition) is 2. The number of ether oxygens (including phenoxy) is 1. The molecule has 2 unspecified atom stereocenters. The molecule has 1 aliphatic rings. The maximum absolute atomic E-state index is 11.8. The van der Waals surface area contributed by atoms with Crippen molar-refractivity contribution in [2.24, 2.45) is 0 Å². The summed E-state index contributed by atoms with van der Waals surface area (Å²) in [5.74, 6) is -0.0235. The molecule has 18 heavy (non-hydrogen) atoms. The highest BCUT2D eigenvalue weighted by Gasteiger charge is 2.25. The SMILES string of the molecule is CC1OCCC1NC(=O)Cc1ccc(N)cn1.Cl. The summed E-state index contributed by atoms with van der Waals surface area (Å²) in [6, 6.07) is 3.64. The van der Waals surface area contributed by atoms with Crippen molar-refractivity contribution >= 4 is 24.0 Å². The van der Waals surface area contributed by atoms with Gasteiger partial charge in [-0.3, -0.25) is 9.78 Å². The van der Waals surface area contributed by atoms with E-state index in [9.17, 15) is 4.79 Å². The number of hydrogen-bond acceptors (Lipinski definition) is 4. The Labute approximate surface area is 113 Å². The minimum Gasteiger partial charge on any atom is -0.397 e. The number of anilines is 1. The molecule has 0 bridgehead atoms. The van der Waals surface area contributed by atoms with Gasteiger partial charge in [0.05, 0.1) is 30.5 Å². The van der Waals surface area contributed by atoms with Gasteiger partial charge in [0, 0.05) is 12.3 Å². The van der Waals surface area contributed by atoms with Crippen LogP contribution in [-0.2, 0) is 16.0 Å². The predicted molar refractivity (Wildman–Crippen MR) is 71.6 cm³/mol. The molecular formula is C12H18ClN3O2. The van der Waals surface area contributed by atoms with Crippen LogP contribution >= 0.6 is 12.4 Å². The monoisotopic (exact) mass is 271 g/mol. The third-order valence-corrected chi connectivity index (χ3v) is 2.91. The molecule has 0 saturated carbocycles. The fourth-order valence-electron chi connectivity index (χ4n) is 1.88. The number of nitrogen functional groups attached to an aromatic ring is 1. The van der Waals surface area contributed by atoms with Crippen molar-refractivity contribution in [2.45, 2.75) is 31.9 Å². The van der Waals surface area contributed by atoms with E-state index in [-0.39, 0.29) is 36.9 Å². The summed E-state index contributed by atoms with van der Waals surface area (Å²) in [4.78, 5) is 15.9. The van der Waals surface area contributed by atoms with E-state index in [1.807, 2.05) is 6.92 Å². The third kappa shape index (κ3) is 3.85. The number of halogens is 1. The van der Waals surface area contributed by atoms with Crippen LogP contribution in [0.25, 0.3) is 0 Å². The van der Waals surface area contributed by atoms with Crippen molar-refractivity contribution in [1.29, 1.82) is 0 Å². The van der Waals surface area contributed by atoms with E-state index in [0.29, 0.717) is 12.3 Å². The van der Waals surface area contributed by atoms with Crippen molar-refractivity contribution < 1.29 is 9.53 Å². The van der Waals surface area contributed by atoms with E-state index in [2.05, 4.69) is 10.3 Å². The Balaban J connectivity index is 0.00000162. The van der Waals surface area contributed by atoms with Gasteiger partial charge in [0.1, 0.15) is 0 Å². The highest BCUT2D eigenvalue weighted by atomic mass is 35.5. The molecule has 0 aromatic carbocycles. The van der Waals surface area contributed by atoms with Gasteiger partial charge in [-0.05, 0) is 25.5 Å². The largest absolute Gasteiger partial charge is 0.397 e. The molecule has 3 N–H and O–H groups in total. The zero-order chi connectivity index (χ0) is 12.3. The maximum atomic E-state index is 11.8. The number of carbonyl (C=O) groups excluding carboxylic acids is 1. The molecule has 1 aliphatic heterocycles. The second-order valence-electron chi connectivity index (χ2n) is 4.30. The van der Waals surface area contributed by atoms with Gasteiger partial charge in [-0.15, -0.1) is 12.4 Å². The van der Waals surface area contributed by atoms with Gasteiger partial charge in [0.25, 0.3) is 0 Å². The minimum absolute atomic E-state index is 0. The highest BCUT2D eigenvalue weighted by Crippen LogP contribution is 2.12. The highest BCUT2D eigenvalue weighted by molar-refractivity contribution is 5.85. The average Bonchev–Trinajstić information content (AvgIpc) is 2.68. The van der Waals surface area contributed by atoms with Gasteiger partial charge < -0.3 is 15.8 Å². The fraction of sp³-hybridized carbons (Fsp3) is 0.500. The number of pyridine rings is 1. The summed E-state index contributed by atoms with van der Waals surface area (Å²) in [7, 11) is 0. The second kappa shape index (κ2) is 6.56. The molecule has 1 aromatic rings. The van der Waals surface area contributed by atoms with Crippen molar-refractivity contribution in [2.75, 3.05) is 12.3 Å². The second-order valence-corrected chi connectivity index (χ2v) is 4.30. The first kappa shape index (κ1) is 14.7. The van der Waals surface area contributed by atoms with Crippen molar-refractivity contribution in [3.8, 4) is 0 Å². The van der Waals surface area contributed by atoms with Crippen LogP contribution in [0.15, 0.2) is 18.3 Å². The van der Waals surface area contributed by atoms with Gasteiger partial charge in [-0.1, -0.05) is 0 Å². The molecule has 2 atom stereocenters. The Morgan fingerprint density at radius 2 is 2.39 bits per heavy atom. The quantitative estimate of drug-likeness (QED) is 0.857. The van der Waals surface area contributed by atoms with E-state index in [4.69, 9.17) is 10.5 Å².